The van der Waals surface area contributed by atoms with Crippen molar-refractivity contribution in [2.45, 2.75) is 13.1 Å². The summed E-state index contributed by atoms with van der Waals surface area (Å²) in [7, 11) is 0. The molecule has 0 bridgehead atoms. The highest BCUT2D eigenvalue weighted by atomic mass is 19.1. The van der Waals surface area contributed by atoms with Crippen molar-refractivity contribution in [2.75, 3.05) is 0 Å². The number of hydrogen-bond acceptors (Lipinski definition) is 6. The molecule has 0 aliphatic carbocycles. The Bertz CT molecular complexity index is 1940. The van der Waals surface area contributed by atoms with Gasteiger partial charge in [-0.05, 0) is 47.0 Å². The Hall–Kier alpha value is -5.28. The van der Waals surface area contributed by atoms with Crippen molar-refractivity contribution < 1.29 is 4.39 Å². The molecule has 0 radical (unpaired) electrons. The van der Waals surface area contributed by atoms with Crippen molar-refractivity contribution in [3.8, 4) is 33.9 Å². The van der Waals surface area contributed by atoms with Crippen LogP contribution in [0.1, 0.15) is 11.1 Å². The third-order valence-corrected chi connectivity index (χ3v) is 6.77. The van der Waals surface area contributed by atoms with Crippen LogP contribution in [-0.2, 0) is 13.1 Å². The van der Waals surface area contributed by atoms with Gasteiger partial charge in [0.25, 0.3) is 0 Å². The van der Waals surface area contributed by atoms with Crippen LogP contribution in [-0.4, -0.2) is 35.1 Å². The molecule has 40 heavy (non-hydrogen) atoms. The third-order valence-electron chi connectivity index (χ3n) is 6.77. The molecule has 7 aromatic rings. The highest BCUT2D eigenvalue weighted by molar-refractivity contribution is 5.95. The van der Waals surface area contributed by atoms with Crippen LogP contribution in [0.2, 0.25) is 0 Å². The summed E-state index contributed by atoms with van der Waals surface area (Å²) in [6.07, 6.45) is 7.13. The fourth-order valence-corrected chi connectivity index (χ4v) is 4.78. The van der Waals surface area contributed by atoms with Crippen LogP contribution in [0.3, 0.4) is 0 Å². The lowest BCUT2D eigenvalue weighted by Gasteiger charge is -2.07. The van der Waals surface area contributed by atoms with Crippen LogP contribution < -0.4 is 5.32 Å². The standard InChI is InChI=1S/C31H23FN8/c32-23-8-6-21(7-9-23)24-17-35-18-27-28(24)38-31(37-27)30-29-26(39-40-30)11-10-25(36-29)22-12-20(15-34-16-22)14-33-13-19-4-2-1-3-5-19/h1-12,15-18,33H,13-14H2,(H,37,38)(H,39,40). The number of aromatic amines is 2. The van der Waals surface area contributed by atoms with Crippen molar-refractivity contribution in [3.63, 3.8) is 0 Å². The summed E-state index contributed by atoms with van der Waals surface area (Å²) in [5.74, 6) is 0.278. The minimum absolute atomic E-state index is 0.291. The first kappa shape index (κ1) is 23.8. The van der Waals surface area contributed by atoms with Crippen LogP contribution in [0, 0.1) is 5.82 Å². The van der Waals surface area contributed by atoms with E-state index in [1.807, 2.05) is 42.7 Å². The van der Waals surface area contributed by atoms with Gasteiger partial charge in [-0.25, -0.2) is 14.4 Å². The molecule has 0 amide bonds. The van der Waals surface area contributed by atoms with Gasteiger partial charge in [-0.1, -0.05) is 42.5 Å². The molecule has 0 spiro atoms. The second kappa shape index (κ2) is 10.1. The molecule has 9 heteroatoms. The summed E-state index contributed by atoms with van der Waals surface area (Å²) < 4.78 is 13.5. The van der Waals surface area contributed by atoms with Gasteiger partial charge in [0.15, 0.2) is 11.5 Å². The lowest BCUT2D eigenvalue weighted by atomic mass is 10.1. The van der Waals surface area contributed by atoms with Crippen molar-refractivity contribution in [1.82, 2.24) is 40.4 Å². The number of hydrogen-bond donors (Lipinski definition) is 3. The molecule has 194 valence electrons. The van der Waals surface area contributed by atoms with Gasteiger partial charge in [-0.3, -0.25) is 15.1 Å². The Kier molecular flexibility index (Phi) is 6.02. The van der Waals surface area contributed by atoms with E-state index in [2.05, 4.69) is 48.7 Å². The van der Waals surface area contributed by atoms with Crippen molar-refractivity contribution in [3.05, 3.63) is 115 Å². The van der Waals surface area contributed by atoms with E-state index < -0.39 is 0 Å². The normalized spacial score (nSPS) is 11.4. The fraction of sp³-hybridized carbons (Fsp3) is 0.0645. The zero-order chi connectivity index (χ0) is 26.9. The monoisotopic (exact) mass is 526 g/mol. The van der Waals surface area contributed by atoms with E-state index in [0.717, 1.165) is 51.0 Å². The van der Waals surface area contributed by atoms with Crippen molar-refractivity contribution >= 4 is 22.1 Å². The van der Waals surface area contributed by atoms with Crippen LogP contribution in [0.15, 0.2) is 97.6 Å². The Balaban J connectivity index is 1.20. The molecule has 0 fully saturated rings. The number of imidazole rings is 1. The Labute approximate surface area is 228 Å². The minimum Gasteiger partial charge on any atom is -0.335 e. The first-order valence-corrected chi connectivity index (χ1v) is 12.9. The molecule has 2 aromatic carbocycles. The SMILES string of the molecule is Fc1ccc(-c2cncc3[nH]c(-c4n[nH]c5ccc(-c6cncc(CNCc7ccccc7)c6)nc45)nc23)cc1. The van der Waals surface area contributed by atoms with E-state index in [4.69, 9.17) is 9.97 Å². The Morgan fingerprint density at radius 1 is 0.700 bits per heavy atom. The molecule has 5 heterocycles. The second-order valence-corrected chi connectivity index (χ2v) is 9.51. The highest BCUT2D eigenvalue weighted by Crippen LogP contribution is 2.31. The smallest absolute Gasteiger partial charge is 0.161 e. The van der Waals surface area contributed by atoms with Crippen LogP contribution in [0.25, 0.3) is 56.0 Å². The molecule has 0 aliphatic rings. The summed E-state index contributed by atoms with van der Waals surface area (Å²) in [5, 5.41) is 11.1. The Morgan fingerprint density at radius 3 is 2.40 bits per heavy atom. The quantitative estimate of drug-likeness (QED) is 0.233. The number of pyridine rings is 3. The predicted octanol–water partition coefficient (Wildman–Crippen LogP) is 6.05. The number of rotatable bonds is 7. The third kappa shape index (κ3) is 4.59. The number of aromatic nitrogens is 7. The van der Waals surface area contributed by atoms with Crippen LogP contribution >= 0.6 is 0 Å². The highest BCUT2D eigenvalue weighted by Gasteiger charge is 2.17. The molecule has 8 nitrogen and oxygen atoms in total. The van der Waals surface area contributed by atoms with E-state index in [0.29, 0.717) is 23.6 Å². The molecular formula is C31H23FN8. The first-order valence-electron chi connectivity index (χ1n) is 12.9. The van der Waals surface area contributed by atoms with Gasteiger partial charge in [0.1, 0.15) is 11.3 Å². The van der Waals surface area contributed by atoms with Gasteiger partial charge < -0.3 is 10.3 Å². The molecule has 0 unspecified atom stereocenters. The lowest BCUT2D eigenvalue weighted by Crippen LogP contribution is -2.12. The van der Waals surface area contributed by atoms with Crippen LogP contribution in [0.5, 0.6) is 0 Å². The summed E-state index contributed by atoms with van der Waals surface area (Å²) in [6.45, 7) is 1.47. The maximum Gasteiger partial charge on any atom is 0.161 e. The summed E-state index contributed by atoms with van der Waals surface area (Å²) in [6, 6.07) is 22.6. The number of nitrogens with one attached hydrogen (secondary N) is 3. The van der Waals surface area contributed by atoms with Gasteiger partial charge in [0.05, 0.1) is 28.4 Å². The number of halogens is 1. The molecule has 7 rings (SSSR count). The van der Waals surface area contributed by atoms with Crippen LogP contribution in [0.4, 0.5) is 4.39 Å². The molecular weight excluding hydrogens is 503 g/mol. The van der Waals surface area contributed by atoms with E-state index >= 15 is 0 Å². The minimum atomic E-state index is -0.291. The zero-order valence-corrected chi connectivity index (χ0v) is 21.3. The lowest BCUT2D eigenvalue weighted by molar-refractivity contribution is 0.628. The zero-order valence-electron chi connectivity index (χ0n) is 21.3. The Morgan fingerprint density at radius 2 is 1.52 bits per heavy atom. The summed E-state index contributed by atoms with van der Waals surface area (Å²) >= 11 is 0. The van der Waals surface area contributed by atoms with Gasteiger partial charge in [-0.15, -0.1) is 0 Å². The van der Waals surface area contributed by atoms with Gasteiger partial charge in [-0.2, -0.15) is 5.10 Å². The molecule has 0 aliphatic heterocycles. The van der Waals surface area contributed by atoms with E-state index in [9.17, 15) is 4.39 Å². The van der Waals surface area contributed by atoms with E-state index in [1.54, 1.807) is 24.5 Å². The van der Waals surface area contributed by atoms with Gasteiger partial charge in [0, 0.05) is 42.8 Å². The van der Waals surface area contributed by atoms with Gasteiger partial charge >= 0.3 is 0 Å². The number of H-pyrrole nitrogens is 2. The van der Waals surface area contributed by atoms with E-state index in [1.165, 1.54) is 17.7 Å². The second-order valence-electron chi connectivity index (χ2n) is 9.51. The van der Waals surface area contributed by atoms with Gasteiger partial charge in [0.2, 0.25) is 0 Å². The molecule has 0 saturated carbocycles. The maximum absolute atomic E-state index is 13.5. The first-order chi connectivity index (χ1) is 19.7. The predicted molar refractivity (Wildman–Crippen MR) is 152 cm³/mol. The fourth-order valence-electron chi connectivity index (χ4n) is 4.78. The number of benzene rings is 2. The summed E-state index contributed by atoms with van der Waals surface area (Å²) in [4.78, 5) is 21.9. The molecule has 0 saturated heterocycles. The topological polar surface area (TPSA) is 108 Å². The largest absolute Gasteiger partial charge is 0.335 e. The van der Waals surface area contributed by atoms with Crippen molar-refractivity contribution in [2.24, 2.45) is 0 Å². The molecule has 5 aromatic heterocycles. The van der Waals surface area contributed by atoms with Crippen molar-refractivity contribution in [1.29, 1.82) is 0 Å². The average molecular weight is 527 g/mol. The molecule has 0 atom stereocenters. The molecule has 3 N–H and O–H groups in total. The van der Waals surface area contributed by atoms with E-state index in [-0.39, 0.29) is 5.82 Å². The summed E-state index contributed by atoms with van der Waals surface area (Å²) in [5.41, 5.74) is 9.22. The number of fused-ring (bicyclic) bond motifs is 2. The number of nitrogens with zero attached hydrogens (tertiary/aromatic N) is 5. The average Bonchev–Trinajstić information content (AvgIpc) is 3.62. The maximum atomic E-state index is 13.5.